The summed E-state index contributed by atoms with van der Waals surface area (Å²) in [5.41, 5.74) is 0.167. The maximum atomic E-state index is 12.7. The number of nitrogens with one attached hydrogen (secondary N) is 2. The summed E-state index contributed by atoms with van der Waals surface area (Å²) in [6.07, 6.45) is 3.14. The fourth-order valence-corrected chi connectivity index (χ4v) is 4.22. The van der Waals surface area contributed by atoms with Gasteiger partial charge in [0.05, 0.1) is 29.8 Å². The molecule has 8 nitrogen and oxygen atoms in total. The molecule has 2 N–H and O–H groups in total. The summed E-state index contributed by atoms with van der Waals surface area (Å²) >= 11 is 3.28. The van der Waals surface area contributed by atoms with Crippen molar-refractivity contribution in [1.82, 2.24) is 14.9 Å². The van der Waals surface area contributed by atoms with Gasteiger partial charge in [0.1, 0.15) is 5.76 Å². The standard InChI is InChI=1S/C18H20BrN3O5S/c1-22(11-17(23)20-10-13-3-2-8-27-13)18(24)15-9-14(6-7-16(15)19)28(25,26)21-12-4-5-12/h2-3,6-9,12,21H,4-5,10-11H2,1H3,(H,20,23). The fourth-order valence-electron chi connectivity index (χ4n) is 2.47. The number of furan rings is 1. The number of nitrogens with zero attached hydrogens (tertiary/aromatic N) is 1. The van der Waals surface area contributed by atoms with Crippen molar-refractivity contribution in [3.05, 3.63) is 52.4 Å². The minimum Gasteiger partial charge on any atom is -0.467 e. The first-order valence-electron chi connectivity index (χ1n) is 8.62. The van der Waals surface area contributed by atoms with E-state index in [9.17, 15) is 18.0 Å². The fraction of sp³-hybridized carbons (Fsp3) is 0.333. The highest BCUT2D eigenvalue weighted by atomic mass is 79.9. The maximum absolute atomic E-state index is 12.7. The third kappa shape index (κ3) is 5.21. The number of carbonyl (C=O) groups excluding carboxylic acids is 2. The van der Waals surface area contributed by atoms with Gasteiger partial charge in [-0.15, -0.1) is 0 Å². The number of halogens is 1. The van der Waals surface area contributed by atoms with Gasteiger partial charge in [0.15, 0.2) is 0 Å². The number of sulfonamides is 1. The molecule has 0 spiro atoms. The van der Waals surface area contributed by atoms with Crippen LogP contribution < -0.4 is 10.0 Å². The molecule has 1 heterocycles. The van der Waals surface area contributed by atoms with Crippen LogP contribution in [0, 0.1) is 0 Å². The van der Waals surface area contributed by atoms with E-state index >= 15 is 0 Å². The van der Waals surface area contributed by atoms with Crippen LogP contribution in [-0.2, 0) is 21.4 Å². The van der Waals surface area contributed by atoms with Gasteiger partial charge in [-0.3, -0.25) is 9.59 Å². The first-order valence-corrected chi connectivity index (χ1v) is 10.9. The Balaban J connectivity index is 1.66. The van der Waals surface area contributed by atoms with Crippen molar-refractivity contribution in [2.45, 2.75) is 30.3 Å². The van der Waals surface area contributed by atoms with Gasteiger partial charge in [-0.2, -0.15) is 0 Å². The second-order valence-corrected chi connectivity index (χ2v) is 9.12. The summed E-state index contributed by atoms with van der Waals surface area (Å²) in [5, 5.41) is 2.66. The van der Waals surface area contributed by atoms with E-state index in [1.807, 2.05) is 0 Å². The van der Waals surface area contributed by atoms with E-state index in [0.717, 1.165) is 12.8 Å². The highest BCUT2D eigenvalue weighted by Gasteiger charge is 2.29. The summed E-state index contributed by atoms with van der Waals surface area (Å²) in [5.74, 6) is -0.225. The second kappa shape index (κ2) is 8.46. The van der Waals surface area contributed by atoms with Gasteiger partial charge < -0.3 is 14.6 Å². The van der Waals surface area contributed by atoms with Crippen molar-refractivity contribution in [2.75, 3.05) is 13.6 Å². The molecule has 3 rings (SSSR count). The van der Waals surface area contributed by atoms with Crippen molar-refractivity contribution in [2.24, 2.45) is 0 Å². The lowest BCUT2D eigenvalue weighted by Gasteiger charge is -2.18. The molecule has 1 fully saturated rings. The molecule has 10 heteroatoms. The molecule has 0 radical (unpaired) electrons. The Labute approximate surface area is 171 Å². The molecule has 28 heavy (non-hydrogen) atoms. The minimum absolute atomic E-state index is 0.0154. The highest BCUT2D eigenvalue weighted by molar-refractivity contribution is 9.10. The van der Waals surface area contributed by atoms with E-state index in [-0.39, 0.29) is 35.5 Å². The number of hydrogen-bond acceptors (Lipinski definition) is 5. The Morgan fingerprint density at radius 1 is 1.29 bits per heavy atom. The van der Waals surface area contributed by atoms with Gasteiger partial charge in [0, 0.05) is 17.6 Å². The molecule has 150 valence electrons. The van der Waals surface area contributed by atoms with Gasteiger partial charge in [-0.05, 0) is 59.1 Å². The Kier molecular flexibility index (Phi) is 6.21. The van der Waals surface area contributed by atoms with Gasteiger partial charge in [-0.25, -0.2) is 13.1 Å². The maximum Gasteiger partial charge on any atom is 0.255 e. The number of benzene rings is 1. The Morgan fingerprint density at radius 2 is 2.04 bits per heavy atom. The van der Waals surface area contributed by atoms with Crippen LogP contribution in [0.2, 0.25) is 0 Å². The van der Waals surface area contributed by atoms with E-state index in [1.54, 1.807) is 12.1 Å². The van der Waals surface area contributed by atoms with Crippen LogP contribution >= 0.6 is 15.9 Å². The molecule has 1 aromatic heterocycles. The monoisotopic (exact) mass is 469 g/mol. The summed E-state index contributed by atoms with van der Waals surface area (Å²) in [6.45, 7) is 0.0431. The second-order valence-electron chi connectivity index (χ2n) is 6.55. The Bertz CT molecular complexity index is 971. The molecule has 2 amide bonds. The van der Waals surface area contributed by atoms with Crippen LogP contribution in [0.25, 0.3) is 0 Å². The number of hydrogen-bond donors (Lipinski definition) is 2. The third-order valence-corrected chi connectivity index (χ3v) is 6.35. The first-order chi connectivity index (χ1) is 13.3. The average molecular weight is 470 g/mol. The average Bonchev–Trinajstić information content (AvgIpc) is 3.29. The molecule has 1 saturated carbocycles. The Morgan fingerprint density at radius 3 is 2.68 bits per heavy atom. The van der Waals surface area contributed by atoms with Gasteiger partial charge >= 0.3 is 0 Å². The number of amides is 2. The van der Waals surface area contributed by atoms with Crippen molar-refractivity contribution in [3.8, 4) is 0 Å². The van der Waals surface area contributed by atoms with Crippen molar-refractivity contribution >= 4 is 37.8 Å². The van der Waals surface area contributed by atoms with E-state index in [4.69, 9.17) is 4.42 Å². The zero-order chi connectivity index (χ0) is 20.3. The van der Waals surface area contributed by atoms with Crippen molar-refractivity contribution in [1.29, 1.82) is 0 Å². The molecule has 1 aromatic carbocycles. The van der Waals surface area contributed by atoms with E-state index in [1.165, 1.54) is 36.4 Å². The van der Waals surface area contributed by atoms with Crippen LogP contribution in [-0.4, -0.2) is 44.8 Å². The van der Waals surface area contributed by atoms with Crippen LogP contribution in [0.5, 0.6) is 0 Å². The smallest absolute Gasteiger partial charge is 0.255 e. The zero-order valence-electron chi connectivity index (χ0n) is 15.1. The number of rotatable bonds is 8. The minimum atomic E-state index is -3.68. The molecular formula is C18H20BrN3O5S. The predicted octanol–water partition coefficient (Wildman–Crippen LogP) is 1.87. The Hall–Kier alpha value is -2.17. The highest BCUT2D eigenvalue weighted by Crippen LogP contribution is 2.25. The lowest BCUT2D eigenvalue weighted by Crippen LogP contribution is -2.38. The summed E-state index contributed by atoms with van der Waals surface area (Å²) in [7, 11) is -2.21. The molecule has 0 saturated heterocycles. The van der Waals surface area contributed by atoms with E-state index in [0.29, 0.717) is 10.2 Å². The van der Waals surface area contributed by atoms with Crippen LogP contribution in [0.3, 0.4) is 0 Å². The number of likely N-dealkylation sites (N-methyl/N-ethyl adjacent to an activating group) is 1. The largest absolute Gasteiger partial charge is 0.467 e. The molecule has 0 aliphatic heterocycles. The van der Waals surface area contributed by atoms with E-state index in [2.05, 4.69) is 26.0 Å². The van der Waals surface area contributed by atoms with Gasteiger partial charge in [-0.1, -0.05) is 0 Å². The molecular weight excluding hydrogens is 450 g/mol. The van der Waals surface area contributed by atoms with Crippen molar-refractivity contribution in [3.63, 3.8) is 0 Å². The number of carbonyl (C=O) groups is 2. The summed E-state index contributed by atoms with van der Waals surface area (Å²) < 4.78 is 32.9. The van der Waals surface area contributed by atoms with Crippen molar-refractivity contribution < 1.29 is 22.4 Å². The quantitative estimate of drug-likeness (QED) is 0.613. The normalized spacial score (nSPS) is 13.9. The lowest BCUT2D eigenvalue weighted by molar-refractivity contribution is -0.121. The van der Waals surface area contributed by atoms with Crippen LogP contribution in [0.15, 0.2) is 50.4 Å². The van der Waals surface area contributed by atoms with Gasteiger partial charge in [0.25, 0.3) is 5.91 Å². The zero-order valence-corrected chi connectivity index (χ0v) is 17.5. The molecule has 2 aromatic rings. The predicted molar refractivity (Wildman–Crippen MR) is 105 cm³/mol. The van der Waals surface area contributed by atoms with E-state index < -0.39 is 15.9 Å². The molecule has 0 bridgehead atoms. The first kappa shape index (κ1) is 20.6. The molecule has 0 atom stereocenters. The molecule has 0 unspecified atom stereocenters. The molecule has 1 aliphatic rings. The third-order valence-electron chi connectivity index (χ3n) is 4.15. The summed E-state index contributed by atoms with van der Waals surface area (Å²) in [4.78, 5) is 26.0. The van der Waals surface area contributed by atoms with Crippen LogP contribution in [0.4, 0.5) is 0 Å². The van der Waals surface area contributed by atoms with Gasteiger partial charge in [0.2, 0.25) is 15.9 Å². The topological polar surface area (TPSA) is 109 Å². The van der Waals surface area contributed by atoms with Crippen LogP contribution in [0.1, 0.15) is 29.0 Å². The lowest BCUT2D eigenvalue weighted by atomic mass is 10.2. The molecule has 1 aliphatic carbocycles. The SMILES string of the molecule is CN(CC(=O)NCc1ccco1)C(=O)c1cc(S(=O)(=O)NC2CC2)ccc1Br. The summed E-state index contributed by atoms with van der Waals surface area (Å²) in [6, 6.07) is 7.67.